The van der Waals surface area contributed by atoms with Gasteiger partial charge in [0, 0.05) is 12.3 Å². The van der Waals surface area contributed by atoms with Crippen LogP contribution in [0, 0.1) is 0 Å². The SMILES string of the molecule is c1ccc(OC2CCCCC2)nc1. The molecule has 1 aliphatic carbocycles. The second kappa shape index (κ2) is 4.26. The third kappa shape index (κ3) is 2.44. The average molecular weight is 177 g/mol. The topological polar surface area (TPSA) is 22.1 Å². The van der Waals surface area contributed by atoms with Gasteiger partial charge in [-0.05, 0) is 31.7 Å². The van der Waals surface area contributed by atoms with Crippen molar-refractivity contribution >= 4 is 0 Å². The average Bonchev–Trinajstić information content (AvgIpc) is 2.21. The van der Waals surface area contributed by atoms with Gasteiger partial charge in [0.05, 0.1) is 0 Å². The molecule has 13 heavy (non-hydrogen) atoms. The molecule has 0 bridgehead atoms. The lowest BCUT2D eigenvalue weighted by molar-refractivity contribution is 0.148. The largest absolute Gasteiger partial charge is 0.474 e. The molecule has 0 unspecified atom stereocenters. The van der Waals surface area contributed by atoms with E-state index in [0.29, 0.717) is 6.10 Å². The molecule has 1 heterocycles. The van der Waals surface area contributed by atoms with Crippen molar-refractivity contribution in [1.82, 2.24) is 4.98 Å². The zero-order valence-corrected chi connectivity index (χ0v) is 7.78. The highest BCUT2D eigenvalue weighted by molar-refractivity contribution is 5.09. The molecule has 0 aliphatic heterocycles. The Kier molecular flexibility index (Phi) is 2.80. The zero-order chi connectivity index (χ0) is 8.93. The van der Waals surface area contributed by atoms with Crippen molar-refractivity contribution in [2.75, 3.05) is 0 Å². The molecule has 2 nitrogen and oxygen atoms in total. The second-order valence-corrected chi connectivity index (χ2v) is 3.55. The molecule has 0 aromatic carbocycles. The van der Waals surface area contributed by atoms with Gasteiger partial charge in [-0.1, -0.05) is 12.5 Å². The maximum Gasteiger partial charge on any atom is 0.213 e. The van der Waals surface area contributed by atoms with E-state index in [4.69, 9.17) is 4.74 Å². The summed E-state index contributed by atoms with van der Waals surface area (Å²) in [7, 11) is 0. The van der Waals surface area contributed by atoms with Gasteiger partial charge in [0.15, 0.2) is 0 Å². The first-order valence-electron chi connectivity index (χ1n) is 5.03. The van der Waals surface area contributed by atoms with Gasteiger partial charge in [-0.25, -0.2) is 4.98 Å². The number of hydrogen-bond acceptors (Lipinski definition) is 2. The van der Waals surface area contributed by atoms with Crippen molar-refractivity contribution in [2.24, 2.45) is 0 Å². The first-order chi connectivity index (χ1) is 6.45. The Morgan fingerprint density at radius 2 is 2.00 bits per heavy atom. The Balaban J connectivity index is 1.90. The van der Waals surface area contributed by atoms with Crippen molar-refractivity contribution < 1.29 is 4.74 Å². The van der Waals surface area contributed by atoms with E-state index in [0.717, 1.165) is 5.88 Å². The van der Waals surface area contributed by atoms with E-state index in [9.17, 15) is 0 Å². The highest BCUT2D eigenvalue weighted by Crippen LogP contribution is 2.21. The van der Waals surface area contributed by atoms with Gasteiger partial charge in [-0.15, -0.1) is 0 Å². The van der Waals surface area contributed by atoms with Crippen molar-refractivity contribution in [3.8, 4) is 5.88 Å². The lowest BCUT2D eigenvalue weighted by atomic mass is 9.98. The van der Waals surface area contributed by atoms with Crippen LogP contribution in [-0.2, 0) is 0 Å². The summed E-state index contributed by atoms with van der Waals surface area (Å²) < 4.78 is 5.74. The number of pyridine rings is 1. The highest BCUT2D eigenvalue weighted by atomic mass is 16.5. The number of ether oxygens (including phenoxy) is 1. The first kappa shape index (κ1) is 8.54. The first-order valence-corrected chi connectivity index (χ1v) is 5.03. The standard InChI is InChI=1S/C11H15NO/c1-2-6-10(7-3-1)13-11-8-4-5-9-12-11/h4-5,8-10H,1-3,6-7H2. The number of aromatic nitrogens is 1. The van der Waals surface area contributed by atoms with Crippen LogP contribution < -0.4 is 4.74 Å². The summed E-state index contributed by atoms with van der Waals surface area (Å²) in [5, 5.41) is 0. The monoisotopic (exact) mass is 177 g/mol. The van der Waals surface area contributed by atoms with Gasteiger partial charge < -0.3 is 4.74 Å². The fraction of sp³-hybridized carbons (Fsp3) is 0.545. The van der Waals surface area contributed by atoms with E-state index in [1.54, 1.807) is 6.20 Å². The van der Waals surface area contributed by atoms with Crippen LogP contribution in [-0.4, -0.2) is 11.1 Å². The zero-order valence-electron chi connectivity index (χ0n) is 7.78. The maximum absolute atomic E-state index is 5.74. The quantitative estimate of drug-likeness (QED) is 0.693. The van der Waals surface area contributed by atoms with Crippen LogP contribution in [0.25, 0.3) is 0 Å². The minimum absolute atomic E-state index is 0.406. The Hall–Kier alpha value is -1.05. The van der Waals surface area contributed by atoms with Crippen molar-refractivity contribution in [3.63, 3.8) is 0 Å². The number of nitrogens with zero attached hydrogens (tertiary/aromatic N) is 1. The predicted molar refractivity (Wildman–Crippen MR) is 51.7 cm³/mol. The fourth-order valence-electron chi connectivity index (χ4n) is 1.77. The molecule has 1 aromatic rings. The molecule has 1 aromatic heterocycles. The molecule has 2 rings (SSSR count). The van der Waals surface area contributed by atoms with Crippen molar-refractivity contribution in [3.05, 3.63) is 24.4 Å². The van der Waals surface area contributed by atoms with Crippen LogP contribution in [0.1, 0.15) is 32.1 Å². The minimum Gasteiger partial charge on any atom is -0.474 e. The minimum atomic E-state index is 0.406. The van der Waals surface area contributed by atoms with E-state index in [2.05, 4.69) is 4.98 Å². The molecule has 1 fully saturated rings. The molecule has 0 N–H and O–H groups in total. The van der Waals surface area contributed by atoms with Crippen LogP contribution in [0.5, 0.6) is 5.88 Å². The smallest absolute Gasteiger partial charge is 0.213 e. The normalized spacial score (nSPS) is 18.5. The lowest BCUT2D eigenvalue weighted by Crippen LogP contribution is -2.19. The third-order valence-corrected chi connectivity index (χ3v) is 2.48. The summed E-state index contributed by atoms with van der Waals surface area (Å²) >= 11 is 0. The molecule has 0 radical (unpaired) electrons. The van der Waals surface area contributed by atoms with Crippen molar-refractivity contribution in [1.29, 1.82) is 0 Å². The Morgan fingerprint density at radius 3 is 2.69 bits per heavy atom. The van der Waals surface area contributed by atoms with Gasteiger partial charge in [0.25, 0.3) is 0 Å². The molecule has 0 atom stereocenters. The van der Waals surface area contributed by atoms with Gasteiger partial charge in [0.2, 0.25) is 5.88 Å². The fourth-order valence-corrected chi connectivity index (χ4v) is 1.77. The van der Waals surface area contributed by atoms with Gasteiger partial charge in [-0.3, -0.25) is 0 Å². The lowest BCUT2D eigenvalue weighted by Gasteiger charge is -2.22. The van der Waals surface area contributed by atoms with Crippen LogP contribution in [0.3, 0.4) is 0 Å². The van der Waals surface area contributed by atoms with Crippen LogP contribution in [0.2, 0.25) is 0 Å². The summed E-state index contributed by atoms with van der Waals surface area (Å²) in [4.78, 5) is 4.15. The van der Waals surface area contributed by atoms with E-state index < -0.39 is 0 Å². The predicted octanol–water partition coefficient (Wildman–Crippen LogP) is 2.79. The molecular weight excluding hydrogens is 162 g/mol. The van der Waals surface area contributed by atoms with Crippen LogP contribution in [0.4, 0.5) is 0 Å². The molecule has 1 aliphatic rings. The molecule has 70 valence electrons. The van der Waals surface area contributed by atoms with E-state index >= 15 is 0 Å². The molecule has 1 saturated carbocycles. The molecule has 0 saturated heterocycles. The highest BCUT2D eigenvalue weighted by Gasteiger charge is 2.14. The van der Waals surface area contributed by atoms with Gasteiger partial charge >= 0.3 is 0 Å². The van der Waals surface area contributed by atoms with Gasteiger partial charge in [-0.2, -0.15) is 0 Å². The third-order valence-electron chi connectivity index (χ3n) is 2.48. The molecule has 0 spiro atoms. The summed E-state index contributed by atoms with van der Waals surface area (Å²) in [5.41, 5.74) is 0. The number of hydrogen-bond donors (Lipinski definition) is 0. The molecular formula is C11H15NO. The van der Waals surface area contributed by atoms with E-state index in [1.807, 2.05) is 18.2 Å². The van der Waals surface area contributed by atoms with Crippen LogP contribution >= 0.6 is 0 Å². The maximum atomic E-state index is 5.74. The Labute approximate surface area is 78.9 Å². The second-order valence-electron chi connectivity index (χ2n) is 3.55. The molecule has 2 heteroatoms. The summed E-state index contributed by atoms with van der Waals surface area (Å²) in [6.45, 7) is 0. The van der Waals surface area contributed by atoms with Gasteiger partial charge in [0.1, 0.15) is 6.10 Å². The summed E-state index contributed by atoms with van der Waals surface area (Å²) in [6.07, 6.45) is 8.53. The van der Waals surface area contributed by atoms with Crippen molar-refractivity contribution in [2.45, 2.75) is 38.2 Å². The Morgan fingerprint density at radius 1 is 1.15 bits per heavy atom. The van der Waals surface area contributed by atoms with Crippen LogP contribution in [0.15, 0.2) is 24.4 Å². The summed E-state index contributed by atoms with van der Waals surface area (Å²) in [5.74, 6) is 0.773. The molecule has 0 amide bonds. The summed E-state index contributed by atoms with van der Waals surface area (Å²) in [6, 6.07) is 5.80. The number of rotatable bonds is 2. The Bertz CT molecular complexity index is 242. The van der Waals surface area contributed by atoms with E-state index in [-0.39, 0.29) is 0 Å². The van der Waals surface area contributed by atoms with E-state index in [1.165, 1.54) is 32.1 Å².